The van der Waals surface area contributed by atoms with Gasteiger partial charge in [0.2, 0.25) is 0 Å². The van der Waals surface area contributed by atoms with E-state index < -0.39 is 10.0 Å². The van der Waals surface area contributed by atoms with E-state index in [4.69, 9.17) is 0 Å². The van der Waals surface area contributed by atoms with E-state index in [1.54, 1.807) is 36.0 Å². The number of nitrogens with one attached hydrogen (secondary N) is 2. The molecule has 0 aliphatic carbocycles. The lowest BCUT2D eigenvalue weighted by molar-refractivity contribution is 0.601. The molecule has 0 bridgehead atoms. The molecular weight excluding hydrogens is 396 g/mol. The molecule has 0 aliphatic rings. The Morgan fingerprint density at radius 2 is 1.93 bits per heavy atom. The van der Waals surface area contributed by atoms with Gasteiger partial charge in [0.25, 0.3) is 10.0 Å². The summed E-state index contributed by atoms with van der Waals surface area (Å²) in [6.07, 6.45) is 1.34. The van der Waals surface area contributed by atoms with Gasteiger partial charge < -0.3 is 5.32 Å². The number of aryl methyl sites for hydroxylation is 3. The molecule has 3 heterocycles. The third-order valence-corrected chi connectivity index (χ3v) is 6.36. The van der Waals surface area contributed by atoms with Crippen molar-refractivity contribution in [1.82, 2.24) is 19.7 Å². The lowest BCUT2D eigenvalue weighted by atomic mass is 10.3. The molecule has 0 spiro atoms. The second-order valence-corrected chi connectivity index (χ2v) is 8.90. The lowest BCUT2D eigenvalue weighted by Gasteiger charge is -2.10. The highest BCUT2D eigenvalue weighted by atomic mass is 32.2. The zero-order valence-electron chi connectivity index (χ0n) is 15.5. The number of sulfonamides is 1. The maximum atomic E-state index is 12.8. The predicted molar refractivity (Wildman–Crippen MR) is 111 cm³/mol. The summed E-state index contributed by atoms with van der Waals surface area (Å²) in [5, 5.41) is 10.9. The van der Waals surface area contributed by atoms with Gasteiger partial charge in [0.15, 0.2) is 10.8 Å². The number of aromatic nitrogens is 4. The van der Waals surface area contributed by atoms with Crippen LogP contribution in [0.3, 0.4) is 0 Å². The first-order valence-electron chi connectivity index (χ1n) is 8.43. The summed E-state index contributed by atoms with van der Waals surface area (Å²) in [4.78, 5) is 8.68. The van der Waals surface area contributed by atoms with Gasteiger partial charge in [-0.1, -0.05) is 6.07 Å². The average molecular weight is 415 g/mol. The highest BCUT2D eigenvalue weighted by Gasteiger charge is 2.18. The van der Waals surface area contributed by atoms with Crippen LogP contribution in [0.5, 0.6) is 0 Å². The number of hydrogen-bond acceptors (Lipinski definition) is 7. The Bertz CT molecular complexity index is 1280. The summed E-state index contributed by atoms with van der Waals surface area (Å²) in [5.41, 5.74) is 3.49. The van der Waals surface area contributed by atoms with Crippen LogP contribution in [-0.2, 0) is 17.1 Å². The molecule has 0 atom stereocenters. The average Bonchev–Trinajstić information content (AvgIpc) is 3.17. The Balaban J connectivity index is 1.61. The maximum absolute atomic E-state index is 12.8. The minimum atomic E-state index is -3.79. The SMILES string of the molecule is Cc1csc(Nc2cccc(NS(=O)(=O)c3cnc4c(c3)c(C)nn4C)c2)n1. The van der Waals surface area contributed by atoms with Crippen LogP contribution < -0.4 is 10.0 Å². The minimum absolute atomic E-state index is 0.0880. The number of anilines is 3. The summed E-state index contributed by atoms with van der Waals surface area (Å²) in [5.74, 6) is 0. The Morgan fingerprint density at radius 3 is 2.68 bits per heavy atom. The summed E-state index contributed by atoms with van der Waals surface area (Å²) in [6.45, 7) is 3.74. The second-order valence-electron chi connectivity index (χ2n) is 6.36. The number of hydrogen-bond donors (Lipinski definition) is 2. The van der Waals surface area contributed by atoms with Crippen molar-refractivity contribution in [2.75, 3.05) is 10.0 Å². The highest BCUT2D eigenvalue weighted by Crippen LogP contribution is 2.25. The number of benzene rings is 1. The van der Waals surface area contributed by atoms with Crippen molar-refractivity contribution in [2.24, 2.45) is 7.05 Å². The molecule has 0 saturated heterocycles. The van der Waals surface area contributed by atoms with Crippen LogP contribution in [0.25, 0.3) is 11.0 Å². The normalized spacial score (nSPS) is 11.7. The van der Waals surface area contributed by atoms with Gasteiger partial charge in [-0.2, -0.15) is 5.10 Å². The minimum Gasteiger partial charge on any atom is -0.331 e. The molecule has 0 unspecified atom stereocenters. The Hall–Kier alpha value is -2.98. The third-order valence-electron chi connectivity index (χ3n) is 4.13. The van der Waals surface area contributed by atoms with Crippen LogP contribution in [0.2, 0.25) is 0 Å². The molecule has 1 aromatic carbocycles. The fraction of sp³-hybridized carbons (Fsp3) is 0.167. The first kappa shape index (κ1) is 18.4. The Morgan fingerprint density at radius 1 is 1.14 bits per heavy atom. The predicted octanol–water partition coefficient (Wildman–Crippen LogP) is 3.59. The molecule has 0 amide bonds. The van der Waals surface area contributed by atoms with Crippen LogP contribution in [0.1, 0.15) is 11.4 Å². The molecule has 28 heavy (non-hydrogen) atoms. The van der Waals surface area contributed by atoms with Crippen molar-refractivity contribution >= 4 is 48.9 Å². The number of nitrogens with zero attached hydrogens (tertiary/aromatic N) is 4. The third kappa shape index (κ3) is 3.56. The van der Waals surface area contributed by atoms with Crippen molar-refractivity contribution in [1.29, 1.82) is 0 Å². The van der Waals surface area contributed by atoms with Gasteiger partial charge in [-0.25, -0.2) is 18.4 Å². The first-order chi connectivity index (χ1) is 13.3. The van der Waals surface area contributed by atoms with E-state index in [2.05, 4.69) is 25.1 Å². The van der Waals surface area contributed by atoms with Crippen LogP contribution in [-0.4, -0.2) is 28.2 Å². The van der Waals surface area contributed by atoms with Gasteiger partial charge in [0, 0.05) is 29.7 Å². The standard InChI is InChI=1S/C18H18N6O2S2/c1-11-10-27-18(20-11)21-13-5-4-6-14(7-13)23-28(25,26)15-8-16-12(2)22-24(3)17(16)19-9-15/h4-10,23H,1-3H3,(H,20,21). The van der Waals surface area contributed by atoms with E-state index in [-0.39, 0.29) is 4.90 Å². The maximum Gasteiger partial charge on any atom is 0.263 e. The molecule has 144 valence electrons. The largest absolute Gasteiger partial charge is 0.331 e. The molecule has 8 nitrogen and oxygen atoms in total. The van der Waals surface area contributed by atoms with E-state index in [9.17, 15) is 8.42 Å². The number of rotatable bonds is 5. The summed E-state index contributed by atoms with van der Waals surface area (Å²) in [6, 6.07) is 8.62. The highest BCUT2D eigenvalue weighted by molar-refractivity contribution is 7.92. The molecular formula is C18H18N6O2S2. The van der Waals surface area contributed by atoms with Gasteiger partial charge in [0.1, 0.15) is 4.90 Å². The summed E-state index contributed by atoms with van der Waals surface area (Å²) >= 11 is 1.49. The van der Waals surface area contributed by atoms with Crippen molar-refractivity contribution in [3.8, 4) is 0 Å². The lowest BCUT2D eigenvalue weighted by Crippen LogP contribution is -2.13. The van der Waals surface area contributed by atoms with Gasteiger partial charge in [-0.15, -0.1) is 11.3 Å². The van der Waals surface area contributed by atoms with Gasteiger partial charge >= 0.3 is 0 Å². The second kappa shape index (κ2) is 6.88. The van der Waals surface area contributed by atoms with E-state index in [0.717, 1.165) is 22.2 Å². The van der Waals surface area contributed by atoms with E-state index >= 15 is 0 Å². The van der Waals surface area contributed by atoms with Crippen LogP contribution in [0.15, 0.2) is 46.8 Å². The van der Waals surface area contributed by atoms with E-state index in [0.29, 0.717) is 16.7 Å². The molecule has 2 N–H and O–H groups in total. The monoisotopic (exact) mass is 414 g/mol. The molecule has 3 aromatic heterocycles. The molecule has 0 aliphatic heterocycles. The van der Waals surface area contributed by atoms with Crippen LogP contribution in [0, 0.1) is 13.8 Å². The van der Waals surface area contributed by atoms with E-state index in [1.807, 2.05) is 25.3 Å². The van der Waals surface area contributed by atoms with Crippen molar-refractivity contribution in [3.05, 3.63) is 53.3 Å². The fourth-order valence-electron chi connectivity index (χ4n) is 2.85. The van der Waals surface area contributed by atoms with Crippen LogP contribution >= 0.6 is 11.3 Å². The summed E-state index contributed by atoms with van der Waals surface area (Å²) < 4.78 is 29.9. The van der Waals surface area contributed by atoms with Gasteiger partial charge in [-0.3, -0.25) is 9.40 Å². The quantitative estimate of drug-likeness (QED) is 0.517. The Labute approximate surface area is 166 Å². The van der Waals surface area contributed by atoms with Crippen LogP contribution in [0.4, 0.5) is 16.5 Å². The molecule has 0 radical (unpaired) electrons. The smallest absolute Gasteiger partial charge is 0.263 e. The molecule has 0 saturated carbocycles. The van der Waals surface area contributed by atoms with E-state index in [1.165, 1.54) is 17.5 Å². The molecule has 0 fully saturated rings. The zero-order chi connectivity index (χ0) is 19.9. The Kier molecular flexibility index (Phi) is 4.52. The van der Waals surface area contributed by atoms with Gasteiger partial charge in [-0.05, 0) is 38.1 Å². The zero-order valence-corrected chi connectivity index (χ0v) is 17.1. The molecule has 4 aromatic rings. The fourth-order valence-corrected chi connectivity index (χ4v) is 4.57. The first-order valence-corrected chi connectivity index (χ1v) is 10.8. The van der Waals surface area contributed by atoms with Crippen molar-refractivity contribution < 1.29 is 8.42 Å². The molecule has 10 heteroatoms. The number of fused-ring (bicyclic) bond motifs is 1. The number of thiazole rings is 1. The summed E-state index contributed by atoms with van der Waals surface area (Å²) in [7, 11) is -2.01. The van der Waals surface area contributed by atoms with Crippen molar-refractivity contribution in [3.63, 3.8) is 0 Å². The topological polar surface area (TPSA) is 102 Å². The van der Waals surface area contributed by atoms with Gasteiger partial charge in [0.05, 0.1) is 17.1 Å². The van der Waals surface area contributed by atoms with Crippen molar-refractivity contribution in [2.45, 2.75) is 18.7 Å². The molecule has 4 rings (SSSR count). The number of pyridine rings is 1.